The normalized spacial score (nSPS) is 21.8. The van der Waals surface area contributed by atoms with Gasteiger partial charge in [0.15, 0.2) is 12.6 Å². The number of carbonyl (C=O) groups is 2. The lowest BCUT2D eigenvalue weighted by Gasteiger charge is -2.33. The molecule has 1 aliphatic heterocycles. The highest BCUT2D eigenvalue weighted by atomic mass is 19.1. The predicted molar refractivity (Wildman–Crippen MR) is 89.4 cm³/mol. The van der Waals surface area contributed by atoms with E-state index in [1.54, 1.807) is 31.1 Å². The van der Waals surface area contributed by atoms with Crippen molar-refractivity contribution in [3.05, 3.63) is 30.1 Å². The fraction of sp³-hybridized carbons (Fsp3) is 0.529. The van der Waals surface area contributed by atoms with E-state index in [-0.39, 0.29) is 23.7 Å². The molecule has 0 unspecified atom stereocenters. The third kappa shape index (κ3) is 5.01. The quantitative estimate of drug-likeness (QED) is 0.583. The molecule has 0 aromatic heterocycles. The van der Waals surface area contributed by atoms with Crippen molar-refractivity contribution in [2.75, 3.05) is 52.1 Å². The van der Waals surface area contributed by atoms with Crippen molar-refractivity contribution in [2.45, 2.75) is 13.0 Å². The number of halogens is 1. The van der Waals surface area contributed by atoms with Crippen molar-refractivity contribution in [1.82, 2.24) is 4.90 Å². The van der Waals surface area contributed by atoms with Gasteiger partial charge in [-0.1, -0.05) is 0 Å². The van der Waals surface area contributed by atoms with Crippen LogP contribution >= 0.6 is 0 Å². The summed E-state index contributed by atoms with van der Waals surface area (Å²) >= 11 is 0. The fourth-order valence-corrected chi connectivity index (χ4v) is 3.06. The third-order valence-electron chi connectivity index (χ3n) is 4.56. The van der Waals surface area contributed by atoms with Gasteiger partial charge < -0.3 is 20.0 Å². The molecule has 1 saturated heterocycles. The summed E-state index contributed by atoms with van der Waals surface area (Å²) in [5, 5.41) is 2.79. The van der Waals surface area contributed by atoms with Crippen LogP contribution in [0.15, 0.2) is 24.3 Å². The van der Waals surface area contributed by atoms with Crippen LogP contribution in [0.1, 0.15) is 6.92 Å². The molecule has 6 nitrogen and oxygen atoms in total. The van der Waals surface area contributed by atoms with Gasteiger partial charge in [-0.2, -0.15) is 0 Å². The summed E-state index contributed by atoms with van der Waals surface area (Å²) in [6.45, 7) is 5.82. The Labute approximate surface area is 142 Å². The lowest BCUT2D eigenvalue weighted by atomic mass is 10.2. The van der Waals surface area contributed by atoms with Gasteiger partial charge in [-0.25, -0.2) is 4.39 Å². The summed E-state index contributed by atoms with van der Waals surface area (Å²) in [5.74, 6) is -0.251. The summed E-state index contributed by atoms with van der Waals surface area (Å²) < 4.78 is 12.9. The van der Waals surface area contributed by atoms with E-state index in [1.807, 2.05) is 6.92 Å². The first-order chi connectivity index (χ1) is 11.4. The van der Waals surface area contributed by atoms with Crippen LogP contribution in [0.3, 0.4) is 0 Å². The molecular weight excluding hydrogens is 311 g/mol. The molecule has 1 atom stereocenters. The van der Waals surface area contributed by atoms with Gasteiger partial charge in [0.1, 0.15) is 32.0 Å². The highest BCUT2D eigenvalue weighted by molar-refractivity contribution is 5.91. The smallest absolute Gasteiger partial charge is 0.280 e. The lowest BCUT2D eigenvalue weighted by Crippen LogP contribution is -3.30. The topological polar surface area (TPSA) is 58.3 Å². The molecule has 0 aliphatic carbocycles. The second-order valence-corrected chi connectivity index (χ2v) is 6.59. The highest BCUT2D eigenvalue weighted by Crippen LogP contribution is 2.07. The summed E-state index contributed by atoms with van der Waals surface area (Å²) in [5.41, 5.74) is 0.607. The van der Waals surface area contributed by atoms with E-state index in [0.29, 0.717) is 12.2 Å². The molecule has 7 heteroatoms. The van der Waals surface area contributed by atoms with Crippen molar-refractivity contribution in [2.24, 2.45) is 0 Å². The molecule has 1 aliphatic rings. The van der Waals surface area contributed by atoms with Crippen LogP contribution in [-0.4, -0.2) is 69.6 Å². The van der Waals surface area contributed by atoms with E-state index in [2.05, 4.69) is 5.32 Å². The zero-order valence-corrected chi connectivity index (χ0v) is 14.6. The molecule has 1 fully saturated rings. The number of carbonyl (C=O) groups excluding carboxylic acids is 2. The van der Waals surface area contributed by atoms with Crippen molar-refractivity contribution in [1.29, 1.82) is 0 Å². The second kappa shape index (κ2) is 8.21. The maximum atomic E-state index is 12.9. The number of benzene rings is 1. The number of hydrogen-bond acceptors (Lipinski definition) is 2. The van der Waals surface area contributed by atoms with E-state index in [0.717, 1.165) is 26.2 Å². The number of anilines is 1. The molecule has 0 saturated carbocycles. The molecule has 1 aromatic rings. The number of hydrogen-bond donors (Lipinski definition) is 3. The van der Waals surface area contributed by atoms with E-state index in [4.69, 9.17) is 0 Å². The number of piperazine rings is 1. The molecule has 3 N–H and O–H groups in total. The number of amides is 2. The number of nitrogens with zero attached hydrogens (tertiary/aromatic N) is 1. The Bertz CT molecular complexity index is 568. The summed E-state index contributed by atoms with van der Waals surface area (Å²) in [7, 11) is 3.55. The average molecular weight is 338 g/mol. The minimum Gasteiger partial charge on any atom is -0.344 e. The van der Waals surface area contributed by atoms with Gasteiger partial charge in [0, 0.05) is 19.8 Å². The van der Waals surface area contributed by atoms with Crippen LogP contribution in [0.25, 0.3) is 0 Å². The molecule has 0 bridgehead atoms. The van der Waals surface area contributed by atoms with Crippen molar-refractivity contribution in [3.63, 3.8) is 0 Å². The summed E-state index contributed by atoms with van der Waals surface area (Å²) in [6.07, 6.45) is 0. The first-order valence-electron chi connectivity index (χ1n) is 8.31. The third-order valence-corrected chi connectivity index (χ3v) is 4.56. The Balaban J connectivity index is 1.77. The number of quaternary nitrogens is 2. The standard InChI is InChI=1S/C17H25FN4O2/c1-13(17(24)20(2)3)22-10-8-21(9-11-22)12-16(23)19-15-6-4-14(18)5-7-15/h4-7,13H,8-12H2,1-3H3,(H,19,23)/p+2/t13-/m0/s1. The first kappa shape index (κ1) is 18.4. The van der Waals surface area contributed by atoms with E-state index >= 15 is 0 Å². The van der Waals surface area contributed by atoms with Crippen LogP contribution in [0.2, 0.25) is 0 Å². The van der Waals surface area contributed by atoms with Gasteiger partial charge in [0.25, 0.3) is 11.8 Å². The Kier molecular flexibility index (Phi) is 6.28. The van der Waals surface area contributed by atoms with Crippen LogP contribution in [0, 0.1) is 5.82 Å². The van der Waals surface area contributed by atoms with Crippen LogP contribution < -0.4 is 15.1 Å². The SMILES string of the molecule is C[C@@H](C(=O)N(C)C)[NH+]1CC[NH+](CC(=O)Nc2ccc(F)cc2)CC1. The van der Waals surface area contributed by atoms with Crippen molar-refractivity contribution < 1.29 is 23.8 Å². The molecule has 1 heterocycles. The number of likely N-dealkylation sites (N-methyl/N-ethyl adjacent to an activating group) is 1. The second-order valence-electron chi connectivity index (χ2n) is 6.59. The Morgan fingerprint density at radius 1 is 1.17 bits per heavy atom. The minimum absolute atomic E-state index is 0.0467. The Hall–Kier alpha value is -1.99. The Morgan fingerprint density at radius 2 is 1.75 bits per heavy atom. The maximum absolute atomic E-state index is 12.9. The predicted octanol–water partition coefficient (Wildman–Crippen LogP) is -1.98. The van der Waals surface area contributed by atoms with Gasteiger partial charge in [0.05, 0.1) is 0 Å². The molecule has 0 radical (unpaired) electrons. The van der Waals surface area contributed by atoms with Crippen LogP contribution in [0.5, 0.6) is 0 Å². The van der Waals surface area contributed by atoms with Gasteiger partial charge in [0.2, 0.25) is 0 Å². The highest BCUT2D eigenvalue weighted by Gasteiger charge is 2.32. The monoisotopic (exact) mass is 338 g/mol. The molecule has 2 amide bonds. The van der Waals surface area contributed by atoms with Crippen LogP contribution in [0.4, 0.5) is 10.1 Å². The molecule has 0 spiro atoms. The zero-order chi connectivity index (χ0) is 17.7. The largest absolute Gasteiger partial charge is 0.344 e. The van der Waals surface area contributed by atoms with E-state index in [9.17, 15) is 14.0 Å². The average Bonchev–Trinajstić information content (AvgIpc) is 2.56. The molecule has 1 aromatic carbocycles. The van der Waals surface area contributed by atoms with Crippen molar-refractivity contribution >= 4 is 17.5 Å². The van der Waals surface area contributed by atoms with Gasteiger partial charge in [-0.3, -0.25) is 9.59 Å². The van der Waals surface area contributed by atoms with Gasteiger partial charge in [-0.05, 0) is 31.2 Å². The molecule has 2 rings (SSSR count). The molecular formula is C17H27FN4O2+2. The zero-order valence-electron chi connectivity index (χ0n) is 14.6. The summed E-state index contributed by atoms with van der Waals surface area (Å²) in [6, 6.07) is 5.72. The molecule has 132 valence electrons. The van der Waals surface area contributed by atoms with Gasteiger partial charge in [-0.15, -0.1) is 0 Å². The lowest BCUT2D eigenvalue weighted by molar-refractivity contribution is -1.01. The number of nitrogens with one attached hydrogen (secondary N) is 3. The van der Waals surface area contributed by atoms with Crippen LogP contribution in [-0.2, 0) is 9.59 Å². The summed E-state index contributed by atoms with van der Waals surface area (Å²) in [4.78, 5) is 28.2. The van der Waals surface area contributed by atoms with E-state index < -0.39 is 0 Å². The first-order valence-corrected chi connectivity index (χ1v) is 8.31. The van der Waals surface area contributed by atoms with Crippen molar-refractivity contribution in [3.8, 4) is 0 Å². The van der Waals surface area contributed by atoms with E-state index in [1.165, 1.54) is 21.9 Å². The fourth-order valence-electron chi connectivity index (χ4n) is 3.06. The minimum atomic E-state index is -0.320. The number of rotatable bonds is 5. The maximum Gasteiger partial charge on any atom is 0.280 e. The Morgan fingerprint density at radius 3 is 2.29 bits per heavy atom. The van der Waals surface area contributed by atoms with Gasteiger partial charge >= 0.3 is 0 Å². The molecule has 24 heavy (non-hydrogen) atoms.